The van der Waals surface area contributed by atoms with E-state index >= 15 is 0 Å². The van der Waals surface area contributed by atoms with E-state index in [0.717, 1.165) is 18.0 Å². The Morgan fingerprint density at radius 1 is 1.39 bits per heavy atom. The second kappa shape index (κ2) is 7.39. The number of carbonyl (C=O) groups is 1. The van der Waals surface area contributed by atoms with E-state index in [1.807, 2.05) is 38.2 Å². The molecule has 3 nitrogen and oxygen atoms in total. The molecule has 1 atom stereocenters. The van der Waals surface area contributed by atoms with Gasteiger partial charge in [-0.3, -0.25) is 4.79 Å². The monoisotopic (exact) mass is 269 g/mol. The smallest absolute Gasteiger partial charge is 0.307 e. The molecule has 1 rings (SSSR count). The minimum atomic E-state index is -0.712. The normalized spacial score (nSPS) is 12.7. The molecule has 0 amide bonds. The topological polar surface area (TPSA) is 40.5 Å². The van der Waals surface area contributed by atoms with E-state index in [1.54, 1.807) is 0 Å². The van der Waals surface area contributed by atoms with Gasteiger partial charge in [0.2, 0.25) is 0 Å². The zero-order valence-electron chi connectivity index (χ0n) is 10.9. The van der Waals surface area contributed by atoms with Crippen LogP contribution >= 0.6 is 11.6 Å². The van der Waals surface area contributed by atoms with Gasteiger partial charge in [-0.1, -0.05) is 30.7 Å². The Balaban J connectivity index is 2.38. The third-order valence-electron chi connectivity index (χ3n) is 3.07. The first kappa shape index (κ1) is 15.0. The van der Waals surface area contributed by atoms with Crippen molar-refractivity contribution in [3.8, 4) is 0 Å². The van der Waals surface area contributed by atoms with Gasteiger partial charge in [0.1, 0.15) is 0 Å². The first-order chi connectivity index (χ1) is 8.52. The van der Waals surface area contributed by atoms with Crippen LogP contribution in [-0.2, 0) is 11.2 Å². The molecule has 1 N–H and O–H groups in total. The highest BCUT2D eigenvalue weighted by atomic mass is 35.5. The standard InChI is InChI=1S/C14H20ClNO2/c1-3-12(14(17)18)10-16(2)9-8-11-4-6-13(15)7-5-11/h4-7,12H,3,8-10H2,1-2H3,(H,17,18). The summed E-state index contributed by atoms with van der Waals surface area (Å²) >= 11 is 5.82. The van der Waals surface area contributed by atoms with Crippen molar-refractivity contribution in [1.29, 1.82) is 0 Å². The Morgan fingerprint density at radius 3 is 2.50 bits per heavy atom. The van der Waals surface area contributed by atoms with E-state index in [9.17, 15) is 4.79 Å². The van der Waals surface area contributed by atoms with Gasteiger partial charge in [-0.2, -0.15) is 0 Å². The molecule has 0 saturated carbocycles. The van der Waals surface area contributed by atoms with Gasteiger partial charge in [0.25, 0.3) is 0 Å². The van der Waals surface area contributed by atoms with Crippen molar-refractivity contribution in [3.63, 3.8) is 0 Å². The molecule has 18 heavy (non-hydrogen) atoms. The van der Waals surface area contributed by atoms with Crippen molar-refractivity contribution in [2.24, 2.45) is 5.92 Å². The largest absolute Gasteiger partial charge is 0.481 e. The first-order valence-electron chi connectivity index (χ1n) is 6.18. The molecule has 0 heterocycles. The molecule has 0 radical (unpaired) electrons. The van der Waals surface area contributed by atoms with Crippen LogP contribution in [0.4, 0.5) is 0 Å². The number of nitrogens with zero attached hydrogens (tertiary/aromatic N) is 1. The predicted octanol–water partition coefficient (Wildman–Crippen LogP) is 2.93. The molecule has 0 aliphatic rings. The third kappa shape index (κ3) is 5.07. The van der Waals surface area contributed by atoms with E-state index in [-0.39, 0.29) is 5.92 Å². The number of benzene rings is 1. The second-order valence-corrected chi connectivity index (χ2v) is 5.02. The van der Waals surface area contributed by atoms with Gasteiger partial charge in [0.05, 0.1) is 5.92 Å². The maximum Gasteiger partial charge on any atom is 0.307 e. The lowest BCUT2D eigenvalue weighted by Crippen LogP contribution is -2.31. The molecule has 0 aromatic heterocycles. The Bertz CT molecular complexity index is 378. The molecule has 0 spiro atoms. The van der Waals surface area contributed by atoms with Crippen LogP contribution in [0.3, 0.4) is 0 Å². The maximum atomic E-state index is 10.9. The maximum absolute atomic E-state index is 10.9. The van der Waals surface area contributed by atoms with Gasteiger partial charge in [-0.15, -0.1) is 0 Å². The number of rotatable bonds is 7. The molecule has 0 aliphatic heterocycles. The van der Waals surface area contributed by atoms with Crippen molar-refractivity contribution >= 4 is 17.6 Å². The summed E-state index contributed by atoms with van der Waals surface area (Å²) in [5, 5.41) is 9.74. The molecule has 1 aromatic carbocycles. The lowest BCUT2D eigenvalue weighted by molar-refractivity contribution is -0.142. The van der Waals surface area contributed by atoms with Gasteiger partial charge in [0.15, 0.2) is 0 Å². The minimum Gasteiger partial charge on any atom is -0.481 e. The summed E-state index contributed by atoms with van der Waals surface area (Å²) in [6.07, 6.45) is 1.57. The minimum absolute atomic E-state index is 0.278. The van der Waals surface area contributed by atoms with Crippen LogP contribution in [0.15, 0.2) is 24.3 Å². The van der Waals surface area contributed by atoms with Crippen LogP contribution in [-0.4, -0.2) is 36.1 Å². The lowest BCUT2D eigenvalue weighted by Gasteiger charge is -2.20. The van der Waals surface area contributed by atoms with Crippen LogP contribution in [0.25, 0.3) is 0 Å². The molecule has 0 aliphatic carbocycles. The van der Waals surface area contributed by atoms with Crippen LogP contribution in [0, 0.1) is 5.92 Å². The van der Waals surface area contributed by atoms with E-state index in [2.05, 4.69) is 4.90 Å². The van der Waals surface area contributed by atoms with E-state index in [1.165, 1.54) is 5.56 Å². The highest BCUT2D eigenvalue weighted by molar-refractivity contribution is 6.30. The summed E-state index contributed by atoms with van der Waals surface area (Å²) < 4.78 is 0. The van der Waals surface area contributed by atoms with Gasteiger partial charge in [0, 0.05) is 18.1 Å². The molecule has 0 fully saturated rings. The van der Waals surface area contributed by atoms with Crippen molar-refractivity contribution in [2.45, 2.75) is 19.8 Å². The second-order valence-electron chi connectivity index (χ2n) is 4.58. The number of halogens is 1. The summed E-state index contributed by atoms with van der Waals surface area (Å²) in [6, 6.07) is 7.77. The van der Waals surface area contributed by atoms with E-state index in [0.29, 0.717) is 13.0 Å². The molecule has 1 unspecified atom stereocenters. The highest BCUT2D eigenvalue weighted by Gasteiger charge is 2.16. The van der Waals surface area contributed by atoms with Crippen molar-refractivity contribution in [2.75, 3.05) is 20.1 Å². The number of aliphatic carboxylic acids is 1. The van der Waals surface area contributed by atoms with Gasteiger partial charge >= 0.3 is 5.97 Å². The number of carboxylic acid groups (broad SMARTS) is 1. The molecule has 100 valence electrons. The van der Waals surface area contributed by atoms with Gasteiger partial charge in [-0.25, -0.2) is 0 Å². The Labute approximate surface area is 113 Å². The molecule has 0 bridgehead atoms. The quantitative estimate of drug-likeness (QED) is 0.827. The summed E-state index contributed by atoms with van der Waals surface area (Å²) in [5.74, 6) is -0.990. The summed E-state index contributed by atoms with van der Waals surface area (Å²) in [6.45, 7) is 3.36. The number of likely N-dealkylation sites (N-methyl/N-ethyl adjacent to an activating group) is 1. The fourth-order valence-electron chi connectivity index (χ4n) is 1.82. The van der Waals surface area contributed by atoms with Crippen molar-refractivity contribution in [1.82, 2.24) is 4.90 Å². The molecular weight excluding hydrogens is 250 g/mol. The van der Waals surface area contributed by atoms with E-state index < -0.39 is 5.97 Å². The average Bonchev–Trinajstić information content (AvgIpc) is 2.35. The highest BCUT2D eigenvalue weighted by Crippen LogP contribution is 2.11. The van der Waals surface area contributed by atoms with Gasteiger partial charge in [-0.05, 0) is 37.6 Å². The summed E-state index contributed by atoms with van der Waals surface area (Å²) in [5.41, 5.74) is 1.22. The summed E-state index contributed by atoms with van der Waals surface area (Å²) in [4.78, 5) is 13.0. The molecule has 0 saturated heterocycles. The zero-order valence-corrected chi connectivity index (χ0v) is 11.7. The summed E-state index contributed by atoms with van der Waals surface area (Å²) in [7, 11) is 1.96. The Kier molecular flexibility index (Phi) is 6.16. The first-order valence-corrected chi connectivity index (χ1v) is 6.56. The number of carboxylic acids is 1. The number of hydrogen-bond donors (Lipinski definition) is 1. The Hall–Kier alpha value is -1.06. The van der Waals surface area contributed by atoms with Crippen LogP contribution < -0.4 is 0 Å². The molecule has 1 aromatic rings. The van der Waals surface area contributed by atoms with Crippen molar-refractivity contribution in [3.05, 3.63) is 34.9 Å². The fraction of sp³-hybridized carbons (Fsp3) is 0.500. The lowest BCUT2D eigenvalue weighted by atomic mass is 10.1. The number of hydrogen-bond acceptors (Lipinski definition) is 2. The SMILES string of the molecule is CCC(CN(C)CCc1ccc(Cl)cc1)C(=O)O. The Morgan fingerprint density at radius 2 is 2.00 bits per heavy atom. The fourth-order valence-corrected chi connectivity index (χ4v) is 1.95. The van der Waals surface area contributed by atoms with Crippen LogP contribution in [0.5, 0.6) is 0 Å². The molecular formula is C14H20ClNO2. The van der Waals surface area contributed by atoms with Crippen LogP contribution in [0.2, 0.25) is 5.02 Å². The average molecular weight is 270 g/mol. The van der Waals surface area contributed by atoms with E-state index in [4.69, 9.17) is 16.7 Å². The molecule has 4 heteroatoms. The zero-order chi connectivity index (χ0) is 13.5. The van der Waals surface area contributed by atoms with Crippen molar-refractivity contribution < 1.29 is 9.90 Å². The van der Waals surface area contributed by atoms with Crippen LogP contribution in [0.1, 0.15) is 18.9 Å². The predicted molar refractivity (Wildman–Crippen MR) is 74.1 cm³/mol. The third-order valence-corrected chi connectivity index (χ3v) is 3.32. The van der Waals surface area contributed by atoms with Gasteiger partial charge < -0.3 is 10.0 Å².